The number of H-pyrrole nitrogens is 1. The predicted octanol–water partition coefficient (Wildman–Crippen LogP) is 3.21. The summed E-state index contributed by atoms with van der Waals surface area (Å²) in [5, 5.41) is 3.16. The lowest BCUT2D eigenvalue weighted by atomic mass is 10.1. The molecule has 3 nitrogen and oxygen atoms in total. The van der Waals surface area contributed by atoms with Crippen LogP contribution in [0.25, 0.3) is 5.69 Å². The maximum atomic E-state index is 12.3. The zero-order valence-electron chi connectivity index (χ0n) is 11.1. The molecule has 0 spiro atoms. The fourth-order valence-corrected chi connectivity index (χ4v) is 2.19. The summed E-state index contributed by atoms with van der Waals surface area (Å²) in [5.74, 6) is 0. The highest BCUT2D eigenvalue weighted by Gasteiger charge is 2.11. The Balaban J connectivity index is 2.30. The van der Waals surface area contributed by atoms with Crippen LogP contribution < -0.4 is 5.56 Å². The summed E-state index contributed by atoms with van der Waals surface area (Å²) in [6.07, 6.45) is 4.31. The normalized spacial score (nSPS) is 10.8. The van der Waals surface area contributed by atoms with Gasteiger partial charge in [0.05, 0.1) is 5.69 Å². The molecule has 0 radical (unpaired) electrons. The van der Waals surface area contributed by atoms with Crippen LogP contribution in [-0.2, 0) is 6.42 Å². The molecule has 3 heteroatoms. The van der Waals surface area contributed by atoms with Crippen molar-refractivity contribution in [3.8, 4) is 5.69 Å². The van der Waals surface area contributed by atoms with Gasteiger partial charge in [0.1, 0.15) is 0 Å². The first-order valence-corrected chi connectivity index (χ1v) is 6.60. The summed E-state index contributed by atoms with van der Waals surface area (Å²) in [6, 6.07) is 9.70. The third kappa shape index (κ3) is 2.55. The lowest BCUT2D eigenvalue weighted by Gasteiger charge is -1.99. The molecule has 0 fully saturated rings. The van der Waals surface area contributed by atoms with Crippen LogP contribution in [0.4, 0.5) is 0 Å². The molecule has 18 heavy (non-hydrogen) atoms. The molecule has 1 heterocycles. The van der Waals surface area contributed by atoms with E-state index in [9.17, 15) is 4.79 Å². The number of aromatic nitrogens is 2. The highest BCUT2D eigenvalue weighted by Crippen LogP contribution is 2.09. The molecule has 2 aromatic rings. The topological polar surface area (TPSA) is 37.8 Å². The first-order valence-electron chi connectivity index (χ1n) is 6.60. The SMILES string of the molecule is CCCCCc1c(C)[nH]n(-c2ccccc2)c1=O. The van der Waals surface area contributed by atoms with E-state index in [-0.39, 0.29) is 5.56 Å². The maximum Gasteiger partial charge on any atom is 0.274 e. The molecule has 1 aromatic heterocycles. The Hall–Kier alpha value is -1.77. The van der Waals surface area contributed by atoms with Crippen molar-refractivity contribution in [1.82, 2.24) is 9.78 Å². The molecule has 0 saturated heterocycles. The summed E-state index contributed by atoms with van der Waals surface area (Å²) < 4.78 is 1.64. The van der Waals surface area contributed by atoms with E-state index >= 15 is 0 Å². The van der Waals surface area contributed by atoms with Crippen LogP contribution in [0.5, 0.6) is 0 Å². The van der Waals surface area contributed by atoms with E-state index in [1.165, 1.54) is 12.8 Å². The molecular weight excluding hydrogens is 224 g/mol. The van der Waals surface area contributed by atoms with Crippen molar-refractivity contribution in [3.05, 3.63) is 51.9 Å². The van der Waals surface area contributed by atoms with Gasteiger partial charge < -0.3 is 0 Å². The van der Waals surface area contributed by atoms with Crippen LogP contribution in [0.2, 0.25) is 0 Å². The van der Waals surface area contributed by atoms with Crippen LogP contribution in [-0.4, -0.2) is 9.78 Å². The molecule has 0 saturated carbocycles. The summed E-state index contributed by atoms with van der Waals surface area (Å²) in [5.41, 5.74) is 2.90. The summed E-state index contributed by atoms with van der Waals surface area (Å²) >= 11 is 0. The van der Waals surface area contributed by atoms with E-state index in [0.717, 1.165) is 29.8 Å². The highest BCUT2D eigenvalue weighted by molar-refractivity contribution is 5.32. The van der Waals surface area contributed by atoms with Crippen LogP contribution >= 0.6 is 0 Å². The summed E-state index contributed by atoms with van der Waals surface area (Å²) in [6.45, 7) is 4.15. The zero-order chi connectivity index (χ0) is 13.0. The highest BCUT2D eigenvalue weighted by atomic mass is 16.1. The van der Waals surface area contributed by atoms with E-state index in [2.05, 4.69) is 12.0 Å². The molecule has 0 amide bonds. The standard InChI is InChI=1S/C15H20N2O/c1-3-4-6-11-14-12(2)16-17(15(14)18)13-9-7-5-8-10-13/h5,7-10,16H,3-4,6,11H2,1-2H3. The van der Waals surface area contributed by atoms with E-state index in [0.29, 0.717) is 0 Å². The number of nitrogens with zero attached hydrogens (tertiary/aromatic N) is 1. The Morgan fingerprint density at radius 1 is 1.17 bits per heavy atom. The molecule has 96 valence electrons. The monoisotopic (exact) mass is 244 g/mol. The Bertz CT molecular complexity index is 552. The number of para-hydroxylation sites is 1. The Morgan fingerprint density at radius 2 is 1.89 bits per heavy atom. The van der Waals surface area contributed by atoms with Gasteiger partial charge in [0.15, 0.2) is 0 Å². The Kier molecular flexibility index (Phi) is 4.03. The zero-order valence-corrected chi connectivity index (χ0v) is 11.1. The second-order valence-electron chi connectivity index (χ2n) is 4.65. The number of aromatic amines is 1. The molecule has 0 bridgehead atoms. The van der Waals surface area contributed by atoms with E-state index in [4.69, 9.17) is 0 Å². The number of aryl methyl sites for hydroxylation is 1. The van der Waals surface area contributed by atoms with Crippen molar-refractivity contribution in [3.63, 3.8) is 0 Å². The quantitative estimate of drug-likeness (QED) is 0.806. The molecule has 1 N–H and O–H groups in total. The smallest absolute Gasteiger partial charge is 0.274 e. The summed E-state index contributed by atoms with van der Waals surface area (Å²) in [7, 11) is 0. The third-order valence-corrected chi connectivity index (χ3v) is 3.24. The minimum atomic E-state index is 0.0924. The van der Waals surface area contributed by atoms with E-state index in [1.54, 1.807) is 4.68 Å². The minimum absolute atomic E-state index is 0.0924. The first-order chi connectivity index (χ1) is 8.74. The first kappa shape index (κ1) is 12.7. The number of nitrogens with one attached hydrogen (secondary N) is 1. The molecule has 0 aliphatic heterocycles. The van der Waals surface area contributed by atoms with Gasteiger partial charge in [0.25, 0.3) is 5.56 Å². The van der Waals surface area contributed by atoms with Crippen LogP contribution in [0.1, 0.15) is 37.4 Å². The van der Waals surface area contributed by atoms with Gasteiger partial charge in [-0.25, -0.2) is 4.68 Å². The van der Waals surface area contributed by atoms with Gasteiger partial charge in [-0.05, 0) is 31.9 Å². The molecule has 0 aliphatic carbocycles. The van der Waals surface area contributed by atoms with Gasteiger partial charge in [-0.15, -0.1) is 0 Å². The Morgan fingerprint density at radius 3 is 2.56 bits per heavy atom. The predicted molar refractivity (Wildman–Crippen MR) is 74.4 cm³/mol. The van der Waals surface area contributed by atoms with Gasteiger partial charge in [-0.1, -0.05) is 38.0 Å². The van der Waals surface area contributed by atoms with Gasteiger partial charge in [0.2, 0.25) is 0 Å². The maximum absolute atomic E-state index is 12.3. The number of unbranched alkanes of at least 4 members (excludes halogenated alkanes) is 2. The van der Waals surface area contributed by atoms with Gasteiger partial charge in [-0.2, -0.15) is 0 Å². The molecule has 1 aromatic carbocycles. The van der Waals surface area contributed by atoms with Crippen LogP contribution in [0.3, 0.4) is 0 Å². The lowest BCUT2D eigenvalue weighted by Crippen LogP contribution is -2.17. The Labute approximate surface area is 107 Å². The van der Waals surface area contributed by atoms with E-state index < -0.39 is 0 Å². The average Bonchev–Trinajstić information content (AvgIpc) is 2.68. The van der Waals surface area contributed by atoms with Crippen molar-refractivity contribution >= 4 is 0 Å². The van der Waals surface area contributed by atoms with Gasteiger partial charge in [0, 0.05) is 11.3 Å². The molecule has 0 unspecified atom stereocenters. The molecule has 0 atom stereocenters. The van der Waals surface area contributed by atoms with Crippen molar-refractivity contribution in [1.29, 1.82) is 0 Å². The van der Waals surface area contributed by atoms with Crippen LogP contribution in [0, 0.1) is 6.92 Å². The molecular formula is C15H20N2O. The van der Waals surface area contributed by atoms with Crippen LogP contribution in [0.15, 0.2) is 35.1 Å². The largest absolute Gasteiger partial charge is 0.295 e. The summed E-state index contributed by atoms with van der Waals surface area (Å²) in [4.78, 5) is 12.3. The molecule has 0 aliphatic rings. The van der Waals surface area contributed by atoms with Crippen molar-refractivity contribution in [2.75, 3.05) is 0 Å². The van der Waals surface area contributed by atoms with E-state index in [1.807, 2.05) is 37.3 Å². The fourth-order valence-electron chi connectivity index (χ4n) is 2.19. The van der Waals surface area contributed by atoms with Gasteiger partial charge in [-0.3, -0.25) is 9.89 Å². The third-order valence-electron chi connectivity index (χ3n) is 3.24. The lowest BCUT2D eigenvalue weighted by molar-refractivity contribution is 0.713. The van der Waals surface area contributed by atoms with Crippen molar-refractivity contribution < 1.29 is 0 Å². The number of benzene rings is 1. The van der Waals surface area contributed by atoms with Gasteiger partial charge >= 0.3 is 0 Å². The number of hydrogen-bond acceptors (Lipinski definition) is 1. The fraction of sp³-hybridized carbons (Fsp3) is 0.400. The average molecular weight is 244 g/mol. The molecule has 2 rings (SSSR count). The second kappa shape index (κ2) is 5.71. The van der Waals surface area contributed by atoms with Crippen molar-refractivity contribution in [2.24, 2.45) is 0 Å². The number of rotatable bonds is 5. The number of hydrogen-bond donors (Lipinski definition) is 1. The minimum Gasteiger partial charge on any atom is -0.295 e. The second-order valence-corrected chi connectivity index (χ2v) is 4.65. The van der Waals surface area contributed by atoms with Crippen molar-refractivity contribution in [2.45, 2.75) is 39.5 Å².